The Balaban J connectivity index is 1.59. The van der Waals surface area contributed by atoms with Crippen molar-refractivity contribution >= 4 is 52.1 Å². The predicted molar refractivity (Wildman–Crippen MR) is 135 cm³/mol. The molecular weight excluding hydrogens is 444 g/mol. The molecule has 0 radical (unpaired) electrons. The van der Waals surface area contributed by atoms with E-state index < -0.39 is 0 Å². The van der Waals surface area contributed by atoms with E-state index in [4.69, 9.17) is 23.8 Å². The molecule has 1 heterocycles. The van der Waals surface area contributed by atoms with Crippen molar-refractivity contribution in [1.82, 2.24) is 10.2 Å². The number of aryl methyl sites for hydroxylation is 2. The van der Waals surface area contributed by atoms with E-state index in [1.165, 1.54) is 0 Å². The van der Waals surface area contributed by atoms with Gasteiger partial charge in [0.25, 0.3) is 5.91 Å². The summed E-state index contributed by atoms with van der Waals surface area (Å²) in [7, 11) is 0. The minimum atomic E-state index is -0.258. The Hall–Kier alpha value is -2.64. The normalized spacial score (nSPS) is 13.8. The molecular formula is C24H29ClN4O2S. The first kappa shape index (κ1) is 24.0. The van der Waals surface area contributed by atoms with Crippen molar-refractivity contribution in [1.29, 1.82) is 0 Å². The second-order valence-corrected chi connectivity index (χ2v) is 9.23. The number of nitrogens with zero attached hydrogens (tertiary/aromatic N) is 2. The molecule has 1 aliphatic heterocycles. The van der Waals surface area contributed by atoms with Crippen LogP contribution in [0.4, 0.5) is 11.4 Å². The third-order valence-electron chi connectivity index (χ3n) is 5.34. The molecule has 32 heavy (non-hydrogen) atoms. The van der Waals surface area contributed by atoms with E-state index >= 15 is 0 Å². The van der Waals surface area contributed by atoms with Crippen molar-refractivity contribution in [3.05, 3.63) is 58.1 Å². The minimum Gasteiger partial charge on any atom is -0.367 e. The Morgan fingerprint density at radius 2 is 1.62 bits per heavy atom. The molecule has 8 heteroatoms. The Bertz CT molecular complexity index is 1010. The van der Waals surface area contributed by atoms with Gasteiger partial charge in [-0.15, -0.1) is 0 Å². The van der Waals surface area contributed by atoms with E-state index in [9.17, 15) is 9.59 Å². The average molecular weight is 473 g/mol. The van der Waals surface area contributed by atoms with Gasteiger partial charge in [-0.1, -0.05) is 42.6 Å². The molecule has 1 aliphatic rings. The maximum Gasteiger partial charge on any atom is 0.257 e. The molecule has 0 saturated carbocycles. The lowest BCUT2D eigenvalue weighted by Crippen LogP contribution is -2.50. The number of thiocarbonyl (C=S) groups is 1. The summed E-state index contributed by atoms with van der Waals surface area (Å²) in [5.41, 5.74) is 4.21. The van der Waals surface area contributed by atoms with Crippen LogP contribution in [-0.4, -0.2) is 48.0 Å². The third-order valence-corrected chi connectivity index (χ3v) is 5.85. The maximum absolute atomic E-state index is 12.5. The van der Waals surface area contributed by atoms with E-state index in [0.717, 1.165) is 29.9 Å². The third kappa shape index (κ3) is 5.99. The van der Waals surface area contributed by atoms with Gasteiger partial charge >= 0.3 is 0 Å². The van der Waals surface area contributed by atoms with E-state index in [2.05, 4.69) is 15.5 Å². The zero-order valence-electron chi connectivity index (χ0n) is 18.9. The molecule has 0 aliphatic carbocycles. The van der Waals surface area contributed by atoms with Crippen molar-refractivity contribution < 1.29 is 9.59 Å². The molecule has 0 unspecified atom stereocenters. The number of amides is 2. The van der Waals surface area contributed by atoms with Gasteiger partial charge in [0, 0.05) is 43.3 Å². The average Bonchev–Trinajstić information content (AvgIpc) is 2.72. The van der Waals surface area contributed by atoms with Crippen LogP contribution in [0.3, 0.4) is 0 Å². The largest absolute Gasteiger partial charge is 0.367 e. The summed E-state index contributed by atoms with van der Waals surface area (Å²) in [5, 5.41) is 6.52. The van der Waals surface area contributed by atoms with Gasteiger partial charge in [-0.3, -0.25) is 14.9 Å². The van der Waals surface area contributed by atoms with E-state index in [-0.39, 0.29) is 22.8 Å². The lowest BCUT2D eigenvalue weighted by atomic mass is 10.1. The quantitative estimate of drug-likeness (QED) is 0.646. The molecule has 2 N–H and O–H groups in total. The van der Waals surface area contributed by atoms with Crippen LogP contribution in [0.5, 0.6) is 0 Å². The minimum absolute atomic E-state index is 0.00904. The number of nitrogens with one attached hydrogen (secondary N) is 2. The van der Waals surface area contributed by atoms with Crippen molar-refractivity contribution in [3.8, 4) is 0 Å². The van der Waals surface area contributed by atoms with Gasteiger partial charge in [-0.2, -0.15) is 0 Å². The molecule has 6 nitrogen and oxygen atoms in total. The molecule has 0 atom stereocenters. The van der Waals surface area contributed by atoms with Gasteiger partial charge in [0.1, 0.15) is 0 Å². The monoisotopic (exact) mass is 472 g/mol. The number of carbonyl (C=O) groups is 2. The zero-order valence-corrected chi connectivity index (χ0v) is 20.4. The number of hydrogen-bond acceptors (Lipinski definition) is 4. The second kappa shape index (κ2) is 10.3. The molecule has 0 bridgehead atoms. The second-order valence-electron chi connectivity index (χ2n) is 8.42. The topological polar surface area (TPSA) is 64.7 Å². The highest BCUT2D eigenvalue weighted by Crippen LogP contribution is 2.30. The van der Waals surface area contributed by atoms with Gasteiger partial charge in [0.15, 0.2) is 5.11 Å². The maximum atomic E-state index is 12.5. The summed E-state index contributed by atoms with van der Waals surface area (Å²) in [6.07, 6.45) is 0. The highest BCUT2D eigenvalue weighted by molar-refractivity contribution is 7.80. The molecule has 0 aromatic heterocycles. The number of piperazine rings is 1. The van der Waals surface area contributed by atoms with Crippen molar-refractivity contribution in [2.45, 2.75) is 27.7 Å². The lowest BCUT2D eigenvalue weighted by Gasteiger charge is -2.37. The van der Waals surface area contributed by atoms with Gasteiger partial charge in [-0.25, -0.2) is 0 Å². The van der Waals surface area contributed by atoms with Crippen LogP contribution in [0.2, 0.25) is 5.02 Å². The highest BCUT2D eigenvalue weighted by Gasteiger charge is 2.24. The summed E-state index contributed by atoms with van der Waals surface area (Å²) in [6, 6.07) is 11.3. The molecule has 3 rings (SSSR count). The standard InChI is InChI=1S/C24H29ClN4O2S/c1-15(2)23(31)29-9-7-28(8-10-29)21-6-5-19(14-20(21)25)26-24(32)27-22(30)18-12-16(3)11-17(4)13-18/h5-6,11-15H,7-10H2,1-4H3,(H2,26,27,30,32). The summed E-state index contributed by atoms with van der Waals surface area (Å²) in [6.45, 7) is 10.6. The Morgan fingerprint density at radius 1 is 1.00 bits per heavy atom. The Morgan fingerprint density at radius 3 is 2.19 bits per heavy atom. The summed E-state index contributed by atoms with van der Waals surface area (Å²) in [4.78, 5) is 28.8. The van der Waals surface area contributed by atoms with Gasteiger partial charge in [-0.05, 0) is 56.4 Å². The van der Waals surface area contributed by atoms with Crippen LogP contribution < -0.4 is 15.5 Å². The van der Waals surface area contributed by atoms with Crippen LogP contribution in [0.15, 0.2) is 36.4 Å². The van der Waals surface area contributed by atoms with Crippen LogP contribution in [-0.2, 0) is 4.79 Å². The molecule has 2 amide bonds. The summed E-state index contributed by atoms with van der Waals surface area (Å²) in [5.74, 6) is -0.0627. The molecule has 1 fully saturated rings. The van der Waals surface area contributed by atoms with Gasteiger partial charge < -0.3 is 15.1 Å². The van der Waals surface area contributed by atoms with Crippen LogP contribution in [0.25, 0.3) is 0 Å². The molecule has 0 spiro atoms. The van der Waals surface area contributed by atoms with Crippen LogP contribution in [0.1, 0.15) is 35.3 Å². The highest BCUT2D eigenvalue weighted by atomic mass is 35.5. The smallest absolute Gasteiger partial charge is 0.257 e. The Kier molecular flexibility index (Phi) is 7.74. The van der Waals surface area contributed by atoms with Gasteiger partial charge in [0.2, 0.25) is 5.91 Å². The van der Waals surface area contributed by atoms with Crippen LogP contribution >= 0.6 is 23.8 Å². The van der Waals surface area contributed by atoms with Crippen LogP contribution in [0, 0.1) is 19.8 Å². The lowest BCUT2D eigenvalue weighted by molar-refractivity contribution is -0.134. The number of benzene rings is 2. The molecule has 2 aromatic rings. The van der Waals surface area contributed by atoms with E-state index in [1.807, 2.05) is 62.9 Å². The number of carbonyl (C=O) groups excluding carboxylic acids is 2. The van der Waals surface area contributed by atoms with Gasteiger partial charge in [0.05, 0.1) is 10.7 Å². The molecule has 2 aromatic carbocycles. The van der Waals surface area contributed by atoms with E-state index in [1.54, 1.807) is 6.07 Å². The predicted octanol–water partition coefficient (Wildman–Crippen LogP) is 4.39. The first-order valence-corrected chi connectivity index (χ1v) is 11.5. The Labute approximate surface area is 199 Å². The number of rotatable bonds is 4. The molecule has 1 saturated heterocycles. The zero-order chi connectivity index (χ0) is 23.4. The fraction of sp³-hybridized carbons (Fsp3) is 0.375. The summed E-state index contributed by atoms with van der Waals surface area (Å²) >= 11 is 11.8. The van der Waals surface area contributed by atoms with Crippen molar-refractivity contribution in [2.24, 2.45) is 5.92 Å². The SMILES string of the molecule is Cc1cc(C)cc(C(=O)NC(=S)Nc2ccc(N3CCN(C(=O)C(C)C)CC3)c(Cl)c2)c1. The first-order valence-electron chi connectivity index (χ1n) is 10.7. The fourth-order valence-electron chi connectivity index (χ4n) is 3.82. The first-order chi connectivity index (χ1) is 15.1. The number of hydrogen-bond donors (Lipinski definition) is 2. The number of anilines is 2. The van der Waals surface area contributed by atoms with Crippen molar-refractivity contribution in [2.75, 3.05) is 36.4 Å². The number of halogens is 1. The van der Waals surface area contributed by atoms with Crippen molar-refractivity contribution in [3.63, 3.8) is 0 Å². The molecule has 170 valence electrons. The fourth-order valence-corrected chi connectivity index (χ4v) is 4.33. The summed E-state index contributed by atoms with van der Waals surface area (Å²) < 4.78 is 0. The van der Waals surface area contributed by atoms with E-state index in [0.29, 0.717) is 29.4 Å².